The second-order valence-electron chi connectivity index (χ2n) is 7.23. The van der Waals surface area contributed by atoms with E-state index in [0.717, 1.165) is 16.9 Å². The third-order valence-corrected chi connectivity index (χ3v) is 4.60. The highest BCUT2D eigenvalue weighted by atomic mass is 16.5. The fourth-order valence-corrected chi connectivity index (χ4v) is 3.21. The van der Waals surface area contributed by atoms with Crippen LogP contribution in [0.3, 0.4) is 0 Å². The number of hydrogen-bond acceptors (Lipinski definition) is 5. The number of esters is 1. The Balaban J connectivity index is 1.61. The van der Waals surface area contributed by atoms with Crippen LogP contribution in [-0.2, 0) is 22.5 Å². The van der Waals surface area contributed by atoms with E-state index in [0.29, 0.717) is 30.7 Å². The molecular weight excluding hydrogens is 382 g/mol. The molecule has 7 nitrogen and oxygen atoms in total. The van der Waals surface area contributed by atoms with E-state index in [1.807, 2.05) is 42.7 Å². The van der Waals surface area contributed by atoms with Gasteiger partial charge in [-0.05, 0) is 56.7 Å². The predicted molar refractivity (Wildman–Crippen MR) is 115 cm³/mol. The number of benzene rings is 2. The molecule has 30 heavy (non-hydrogen) atoms. The summed E-state index contributed by atoms with van der Waals surface area (Å²) < 4.78 is 12.3. The molecule has 0 aliphatic carbocycles. The lowest BCUT2D eigenvalue weighted by Gasteiger charge is -2.11. The molecule has 1 amide bonds. The van der Waals surface area contributed by atoms with Crippen molar-refractivity contribution in [2.24, 2.45) is 0 Å². The molecule has 0 aliphatic heterocycles. The maximum atomic E-state index is 12.3. The van der Waals surface area contributed by atoms with Gasteiger partial charge in [-0.1, -0.05) is 12.1 Å². The molecule has 0 aliphatic rings. The van der Waals surface area contributed by atoms with Crippen LogP contribution in [0.2, 0.25) is 0 Å². The average Bonchev–Trinajstić information content (AvgIpc) is 3.07. The van der Waals surface area contributed by atoms with Crippen molar-refractivity contribution in [3.05, 3.63) is 59.9 Å². The number of carbonyl (C=O) groups excluding carboxylic acids is 2. The lowest BCUT2D eigenvalue weighted by atomic mass is 10.2. The summed E-state index contributed by atoms with van der Waals surface area (Å²) in [6, 6.07) is 14.7. The first-order chi connectivity index (χ1) is 14.5. The van der Waals surface area contributed by atoms with E-state index >= 15 is 0 Å². The van der Waals surface area contributed by atoms with Gasteiger partial charge in [0.15, 0.2) is 0 Å². The summed E-state index contributed by atoms with van der Waals surface area (Å²) in [4.78, 5) is 29.1. The molecule has 0 bridgehead atoms. The monoisotopic (exact) mass is 409 g/mol. The van der Waals surface area contributed by atoms with Crippen LogP contribution in [0.15, 0.2) is 48.5 Å². The van der Waals surface area contributed by atoms with Gasteiger partial charge in [0.05, 0.1) is 24.2 Å². The highest BCUT2D eigenvalue weighted by Crippen LogP contribution is 2.17. The Bertz CT molecular complexity index is 1010. The SMILES string of the molecule is COc1ccc(C(=O)NCCCc2nc3ccccc3n2CC(=O)OC(C)C)cc1. The average molecular weight is 409 g/mol. The van der Waals surface area contributed by atoms with E-state index < -0.39 is 0 Å². The van der Waals surface area contributed by atoms with Gasteiger partial charge in [0.25, 0.3) is 5.91 Å². The Morgan fingerprint density at radius 2 is 1.83 bits per heavy atom. The molecule has 0 saturated heterocycles. The molecule has 1 aromatic heterocycles. The maximum absolute atomic E-state index is 12.3. The molecule has 0 spiro atoms. The number of nitrogens with zero attached hydrogens (tertiary/aromatic N) is 2. The van der Waals surface area contributed by atoms with Crippen molar-refractivity contribution in [1.29, 1.82) is 0 Å². The van der Waals surface area contributed by atoms with E-state index in [1.54, 1.807) is 31.4 Å². The smallest absolute Gasteiger partial charge is 0.326 e. The molecule has 3 rings (SSSR count). The van der Waals surface area contributed by atoms with E-state index in [-0.39, 0.29) is 24.5 Å². The van der Waals surface area contributed by atoms with Crippen LogP contribution < -0.4 is 10.1 Å². The minimum atomic E-state index is -0.290. The van der Waals surface area contributed by atoms with Crippen molar-refractivity contribution in [3.8, 4) is 5.75 Å². The molecule has 7 heteroatoms. The largest absolute Gasteiger partial charge is 0.497 e. The third-order valence-electron chi connectivity index (χ3n) is 4.60. The summed E-state index contributed by atoms with van der Waals surface area (Å²) in [6.45, 7) is 4.28. The number of aryl methyl sites for hydroxylation is 1. The first-order valence-electron chi connectivity index (χ1n) is 10.0. The zero-order valence-electron chi connectivity index (χ0n) is 17.6. The molecule has 1 heterocycles. The summed E-state index contributed by atoms with van der Waals surface area (Å²) in [7, 11) is 1.59. The Kier molecular flexibility index (Phi) is 7.06. The standard InChI is InChI=1S/C23H27N3O4/c1-16(2)30-22(27)15-26-20-8-5-4-7-19(20)25-21(26)9-6-14-24-23(28)17-10-12-18(29-3)13-11-17/h4-5,7-8,10-13,16H,6,9,14-15H2,1-3H3,(H,24,28). The van der Waals surface area contributed by atoms with Crippen LogP contribution in [0.4, 0.5) is 0 Å². The predicted octanol–water partition coefficient (Wildman–Crippen LogP) is 3.36. The van der Waals surface area contributed by atoms with Crippen LogP contribution in [0, 0.1) is 0 Å². The van der Waals surface area contributed by atoms with Gasteiger partial charge in [-0.25, -0.2) is 4.98 Å². The van der Waals surface area contributed by atoms with Crippen molar-refractivity contribution in [3.63, 3.8) is 0 Å². The van der Waals surface area contributed by atoms with Crippen molar-refractivity contribution in [1.82, 2.24) is 14.9 Å². The number of ether oxygens (including phenoxy) is 2. The third kappa shape index (κ3) is 5.37. The summed E-state index contributed by atoms with van der Waals surface area (Å²) in [5.74, 6) is 1.09. The highest BCUT2D eigenvalue weighted by molar-refractivity contribution is 5.94. The first-order valence-corrected chi connectivity index (χ1v) is 10.0. The minimum Gasteiger partial charge on any atom is -0.497 e. The fourth-order valence-electron chi connectivity index (χ4n) is 3.21. The number of para-hydroxylation sites is 2. The Morgan fingerprint density at radius 3 is 2.53 bits per heavy atom. The number of methoxy groups -OCH3 is 1. The Hall–Kier alpha value is -3.35. The van der Waals surface area contributed by atoms with E-state index in [4.69, 9.17) is 9.47 Å². The summed E-state index contributed by atoms with van der Waals surface area (Å²) in [5.41, 5.74) is 2.32. The lowest BCUT2D eigenvalue weighted by molar-refractivity contribution is -0.148. The molecular formula is C23H27N3O4. The molecule has 0 unspecified atom stereocenters. The number of nitrogens with one attached hydrogen (secondary N) is 1. The van der Waals surface area contributed by atoms with Crippen molar-refractivity contribution in [2.45, 2.75) is 39.3 Å². The normalized spacial score (nSPS) is 10.9. The summed E-state index contributed by atoms with van der Waals surface area (Å²) in [5, 5.41) is 2.92. The number of aromatic nitrogens is 2. The van der Waals surface area contributed by atoms with E-state index in [9.17, 15) is 9.59 Å². The Morgan fingerprint density at radius 1 is 1.10 bits per heavy atom. The maximum Gasteiger partial charge on any atom is 0.326 e. The first kappa shape index (κ1) is 21.4. The topological polar surface area (TPSA) is 82.5 Å². The number of hydrogen-bond donors (Lipinski definition) is 1. The molecule has 3 aromatic rings. The zero-order valence-corrected chi connectivity index (χ0v) is 17.6. The fraction of sp³-hybridized carbons (Fsp3) is 0.348. The van der Waals surface area contributed by atoms with Gasteiger partial charge < -0.3 is 19.4 Å². The van der Waals surface area contributed by atoms with E-state index in [1.165, 1.54) is 0 Å². The number of amides is 1. The number of carbonyl (C=O) groups is 2. The van der Waals surface area contributed by atoms with Gasteiger partial charge in [-0.2, -0.15) is 0 Å². The molecule has 0 atom stereocenters. The van der Waals surface area contributed by atoms with Crippen LogP contribution in [-0.4, -0.2) is 41.2 Å². The zero-order chi connectivity index (χ0) is 21.5. The van der Waals surface area contributed by atoms with Gasteiger partial charge in [0, 0.05) is 18.5 Å². The highest BCUT2D eigenvalue weighted by Gasteiger charge is 2.15. The van der Waals surface area contributed by atoms with Crippen molar-refractivity contribution >= 4 is 22.9 Å². The van der Waals surface area contributed by atoms with E-state index in [2.05, 4.69) is 10.3 Å². The number of rotatable bonds is 9. The molecule has 0 saturated carbocycles. The summed E-state index contributed by atoms with van der Waals surface area (Å²) >= 11 is 0. The van der Waals surface area contributed by atoms with Gasteiger partial charge in [-0.3, -0.25) is 9.59 Å². The second-order valence-corrected chi connectivity index (χ2v) is 7.23. The number of fused-ring (bicyclic) bond motifs is 1. The molecule has 0 radical (unpaired) electrons. The Labute approximate surface area is 176 Å². The van der Waals surface area contributed by atoms with Crippen LogP contribution >= 0.6 is 0 Å². The second kappa shape index (κ2) is 9.91. The number of imidazole rings is 1. The summed E-state index contributed by atoms with van der Waals surface area (Å²) in [6.07, 6.45) is 1.17. The van der Waals surface area contributed by atoms with Crippen LogP contribution in [0.5, 0.6) is 5.75 Å². The van der Waals surface area contributed by atoms with Gasteiger partial charge >= 0.3 is 5.97 Å². The van der Waals surface area contributed by atoms with Crippen molar-refractivity contribution < 1.29 is 19.1 Å². The van der Waals surface area contributed by atoms with Gasteiger partial charge in [0.2, 0.25) is 0 Å². The molecule has 1 N–H and O–H groups in total. The van der Waals surface area contributed by atoms with Crippen molar-refractivity contribution in [2.75, 3.05) is 13.7 Å². The van der Waals surface area contributed by atoms with Crippen LogP contribution in [0.25, 0.3) is 11.0 Å². The van der Waals surface area contributed by atoms with Gasteiger partial charge in [-0.15, -0.1) is 0 Å². The molecule has 2 aromatic carbocycles. The molecule has 0 fully saturated rings. The van der Waals surface area contributed by atoms with Crippen LogP contribution in [0.1, 0.15) is 36.5 Å². The molecule has 158 valence electrons. The lowest BCUT2D eigenvalue weighted by Crippen LogP contribution is -2.25. The van der Waals surface area contributed by atoms with Gasteiger partial charge in [0.1, 0.15) is 18.1 Å². The minimum absolute atomic E-state index is 0.117. The quantitative estimate of drug-likeness (QED) is 0.433.